The van der Waals surface area contributed by atoms with E-state index in [0.29, 0.717) is 5.56 Å². The minimum atomic E-state index is -4.43. The Bertz CT molecular complexity index is 585. The highest BCUT2D eigenvalue weighted by Crippen LogP contribution is 2.21. The van der Waals surface area contributed by atoms with Gasteiger partial charge in [-0.25, -0.2) is 0 Å². The maximum atomic E-state index is 12.4. The van der Waals surface area contributed by atoms with E-state index in [-0.39, 0.29) is 13.0 Å². The second-order valence-electron chi connectivity index (χ2n) is 5.71. The molecule has 0 bridgehead atoms. The Morgan fingerprint density at radius 1 is 1.30 bits per heavy atom. The molecular formula is C15H18F3N3O2. The highest BCUT2D eigenvalue weighted by Gasteiger charge is 2.38. The van der Waals surface area contributed by atoms with Crippen molar-refractivity contribution in [3.63, 3.8) is 0 Å². The number of hydrogen-bond acceptors (Lipinski definition) is 3. The molecule has 0 unspecified atom stereocenters. The number of hydrogen-bond donors (Lipinski definition) is 1. The van der Waals surface area contributed by atoms with Gasteiger partial charge in [-0.2, -0.15) is 13.2 Å². The Morgan fingerprint density at radius 3 is 2.43 bits per heavy atom. The topological polar surface area (TPSA) is 52.7 Å². The summed E-state index contributed by atoms with van der Waals surface area (Å²) in [4.78, 5) is 26.3. The molecule has 1 aromatic carbocycles. The minimum absolute atomic E-state index is 0.113. The average Bonchev–Trinajstić information content (AvgIpc) is 2.76. The van der Waals surface area contributed by atoms with Gasteiger partial charge in [0.15, 0.2) is 0 Å². The van der Waals surface area contributed by atoms with E-state index in [0.717, 1.165) is 10.6 Å². The van der Waals surface area contributed by atoms with Crippen LogP contribution in [0.1, 0.15) is 16.8 Å². The van der Waals surface area contributed by atoms with Crippen molar-refractivity contribution < 1.29 is 22.8 Å². The number of nitrogens with one attached hydrogen (secondary N) is 1. The van der Waals surface area contributed by atoms with E-state index in [4.69, 9.17) is 0 Å². The molecule has 1 fully saturated rings. The summed E-state index contributed by atoms with van der Waals surface area (Å²) in [6, 6.07) is 6.20. The Labute approximate surface area is 132 Å². The van der Waals surface area contributed by atoms with Crippen molar-refractivity contribution >= 4 is 17.5 Å². The summed E-state index contributed by atoms with van der Waals surface area (Å²) in [6.07, 6.45) is -4.55. The number of likely N-dealkylation sites (tertiary alicyclic amines) is 1. The Balaban J connectivity index is 1.94. The van der Waals surface area contributed by atoms with E-state index in [9.17, 15) is 22.8 Å². The third kappa shape index (κ3) is 4.61. The van der Waals surface area contributed by atoms with E-state index in [1.165, 1.54) is 0 Å². The van der Waals surface area contributed by atoms with Crippen LogP contribution < -0.4 is 10.2 Å². The molecule has 0 spiro atoms. The molecule has 0 radical (unpaired) electrons. The van der Waals surface area contributed by atoms with Gasteiger partial charge in [0, 0.05) is 38.3 Å². The third-order valence-corrected chi connectivity index (χ3v) is 3.57. The number of rotatable bonds is 4. The Morgan fingerprint density at radius 2 is 1.91 bits per heavy atom. The van der Waals surface area contributed by atoms with Crippen LogP contribution in [0, 0.1) is 0 Å². The van der Waals surface area contributed by atoms with Gasteiger partial charge in [-0.05, 0) is 24.3 Å². The minimum Gasteiger partial charge on any atom is -0.378 e. The number of alkyl halides is 3. The normalized spacial score (nSPS) is 18.2. The molecule has 5 nitrogen and oxygen atoms in total. The van der Waals surface area contributed by atoms with Crippen LogP contribution in [0.25, 0.3) is 0 Å². The fraction of sp³-hybridized carbons (Fsp3) is 0.467. The van der Waals surface area contributed by atoms with Gasteiger partial charge < -0.3 is 15.1 Å². The van der Waals surface area contributed by atoms with Crippen molar-refractivity contribution in [2.75, 3.05) is 32.1 Å². The molecule has 0 aliphatic carbocycles. The number of benzene rings is 1. The van der Waals surface area contributed by atoms with Crippen LogP contribution in [0.5, 0.6) is 0 Å². The molecule has 1 aliphatic heterocycles. The maximum absolute atomic E-state index is 12.4. The molecule has 0 saturated carbocycles. The molecule has 1 N–H and O–H groups in total. The standard InChI is InChI=1S/C15H18F3N3O2/c1-20(2)12-5-3-10(4-6-12)14(23)19-11-7-13(22)21(8-11)9-15(16,17)18/h3-6,11H,7-9H2,1-2H3,(H,19,23)/t11-/m0/s1. The van der Waals surface area contributed by atoms with E-state index in [1.807, 2.05) is 19.0 Å². The van der Waals surface area contributed by atoms with Crippen molar-refractivity contribution in [1.29, 1.82) is 0 Å². The predicted molar refractivity (Wildman–Crippen MR) is 79.3 cm³/mol. The van der Waals surface area contributed by atoms with Gasteiger partial charge in [0.05, 0.1) is 6.04 Å². The Kier molecular flexibility index (Phi) is 4.82. The first-order valence-electron chi connectivity index (χ1n) is 7.08. The zero-order chi connectivity index (χ0) is 17.2. The van der Waals surface area contributed by atoms with Gasteiger partial charge in [-0.3, -0.25) is 9.59 Å². The van der Waals surface area contributed by atoms with Crippen molar-refractivity contribution in [2.45, 2.75) is 18.6 Å². The lowest BCUT2D eigenvalue weighted by Gasteiger charge is -2.18. The maximum Gasteiger partial charge on any atom is 0.406 e. The first kappa shape index (κ1) is 17.1. The van der Waals surface area contributed by atoms with Gasteiger partial charge in [-0.15, -0.1) is 0 Å². The molecule has 1 aliphatic rings. The molecule has 1 saturated heterocycles. The molecule has 23 heavy (non-hydrogen) atoms. The lowest BCUT2D eigenvalue weighted by Crippen LogP contribution is -2.39. The summed E-state index contributed by atoms with van der Waals surface area (Å²) in [6.45, 7) is -1.41. The quantitative estimate of drug-likeness (QED) is 0.914. The highest BCUT2D eigenvalue weighted by molar-refractivity contribution is 5.95. The number of halogens is 3. The van der Waals surface area contributed by atoms with E-state index in [1.54, 1.807) is 24.3 Å². The fourth-order valence-corrected chi connectivity index (χ4v) is 2.42. The molecule has 0 aromatic heterocycles. The van der Waals surface area contributed by atoms with Gasteiger partial charge in [-0.1, -0.05) is 0 Å². The largest absolute Gasteiger partial charge is 0.406 e. The molecule has 1 aromatic rings. The number of carbonyl (C=O) groups excluding carboxylic acids is 2. The van der Waals surface area contributed by atoms with Crippen LogP contribution >= 0.6 is 0 Å². The number of amides is 2. The van der Waals surface area contributed by atoms with Gasteiger partial charge >= 0.3 is 6.18 Å². The second kappa shape index (κ2) is 6.47. The summed E-state index contributed by atoms with van der Waals surface area (Å²) < 4.78 is 37.1. The zero-order valence-corrected chi connectivity index (χ0v) is 12.9. The van der Waals surface area contributed by atoms with Gasteiger partial charge in [0.1, 0.15) is 6.54 Å². The lowest BCUT2D eigenvalue weighted by molar-refractivity contribution is -0.157. The molecule has 8 heteroatoms. The molecule has 1 heterocycles. The van der Waals surface area contributed by atoms with Crippen molar-refractivity contribution in [2.24, 2.45) is 0 Å². The van der Waals surface area contributed by atoms with Gasteiger partial charge in [0.25, 0.3) is 5.91 Å². The second-order valence-corrected chi connectivity index (χ2v) is 5.71. The van der Waals surface area contributed by atoms with Crippen molar-refractivity contribution in [3.8, 4) is 0 Å². The highest BCUT2D eigenvalue weighted by atomic mass is 19.4. The van der Waals surface area contributed by atoms with Gasteiger partial charge in [0.2, 0.25) is 5.91 Å². The summed E-state index contributed by atoms with van der Waals surface area (Å²) in [5, 5.41) is 2.61. The average molecular weight is 329 g/mol. The SMILES string of the molecule is CN(C)c1ccc(C(=O)N[C@H]2CC(=O)N(CC(F)(F)F)C2)cc1. The number of carbonyl (C=O) groups is 2. The van der Waals surface area contributed by atoms with E-state index in [2.05, 4.69) is 5.32 Å². The molecule has 2 amide bonds. The van der Waals surface area contributed by atoms with Crippen LogP contribution in [0.4, 0.5) is 18.9 Å². The van der Waals surface area contributed by atoms with E-state index >= 15 is 0 Å². The summed E-state index contributed by atoms with van der Waals surface area (Å²) in [7, 11) is 3.74. The summed E-state index contributed by atoms with van der Waals surface area (Å²) in [5.41, 5.74) is 1.33. The van der Waals surface area contributed by atoms with Crippen LogP contribution in [0.15, 0.2) is 24.3 Å². The predicted octanol–water partition coefficient (Wildman–Crippen LogP) is 1.65. The smallest absolute Gasteiger partial charge is 0.378 e. The number of anilines is 1. The molecule has 2 rings (SSSR count). The summed E-state index contributed by atoms with van der Waals surface area (Å²) in [5.74, 6) is -1.00. The molecular weight excluding hydrogens is 311 g/mol. The monoisotopic (exact) mass is 329 g/mol. The first-order chi connectivity index (χ1) is 10.7. The van der Waals surface area contributed by atoms with Crippen LogP contribution in [0.2, 0.25) is 0 Å². The van der Waals surface area contributed by atoms with Crippen LogP contribution in [-0.4, -0.2) is 56.1 Å². The van der Waals surface area contributed by atoms with Crippen LogP contribution in [-0.2, 0) is 4.79 Å². The van der Waals surface area contributed by atoms with Crippen molar-refractivity contribution in [1.82, 2.24) is 10.2 Å². The lowest BCUT2D eigenvalue weighted by atomic mass is 10.1. The number of nitrogens with zero attached hydrogens (tertiary/aromatic N) is 2. The Hall–Kier alpha value is -2.25. The van der Waals surface area contributed by atoms with Crippen molar-refractivity contribution in [3.05, 3.63) is 29.8 Å². The zero-order valence-electron chi connectivity index (χ0n) is 12.9. The van der Waals surface area contributed by atoms with E-state index < -0.39 is 30.6 Å². The fourth-order valence-electron chi connectivity index (χ4n) is 2.42. The molecule has 1 atom stereocenters. The first-order valence-corrected chi connectivity index (χ1v) is 7.08. The van der Waals surface area contributed by atoms with Crippen LogP contribution in [0.3, 0.4) is 0 Å². The summed E-state index contributed by atoms with van der Waals surface area (Å²) >= 11 is 0. The molecule has 126 valence electrons. The third-order valence-electron chi connectivity index (χ3n) is 3.57.